The molecule has 8 nitrogen and oxygen atoms in total. The molecule has 0 aliphatic heterocycles. The smallest absolute Gasteiger partial charge is 0.318 e. The summed E-state index contributed by atoms with van der Waals surface area (Å²) in [6.07, 6.45) is -0.327. The minimum absolute atomic E-state index is 0.0261. The van der Waals surface area contributed by atoms with Crippen LogP contribution in [0.25, 0.3) is 0 Å². The fourth-order valence-corrected chi connectivity index (χ4v) is 3.42. The van der Waals surface area contributed by atoms with Gasteiger partial charge in [0, 0.05) is 24.4 Å². The van der Waals surface area contributed by atoms with E-state index in [2.05, 4.69) is 36.1 Å². The summed E-state index contributed by atoms with van der Waals surface area (Å²) in [6.45, 7) is 7.31. The summed E-state index contributed by atoms with van der Waals surface area (Å²) in [5, 5.41) is 27.1. The zero-order valence-electron chi connectivity index (χ0n) is 17.9. The van der Waals surface area contributed by atoms with Crippen molar-refractivity contribution in [2.24, 2.45) is 10.2 Å². The molecule has 0 fully saturated rings. The second-order valence-corrected chi connectivity index (χ2v) is 8.30. The molecule has 2 N–H and O–H groups in total. The summed E-state index contributed by atoms with van der Waals surface area (Å²) in [5.41, 5.74) is 2.19. The van der Waals surface area contributed by atoms with Gasteiger partial charge in [-0.3, -0.25) is 0 Å². The number of anilines is 1. The molecule has 2 aromatic carbocycles. The summed E-state index contributed by atoms with van der Waals surface area (Å²) < 4.78 is 0.750. The van der Waals surface area contributed by atoms with Crippen LogP contribution in [0.1, 0.15) is 13.8 Å². The SMILES string of the molecule is CCN(CC[N+](C)(C)CC(C)O)c1ccc(/N=N/c2ccc([N+](=O)O)cc2Cl)cc1. The number of quaternary nitrogens is 1. The topological polar surface area (TPSA) is 88.5 Å². The Labute approximate surface area is 182 Å². The maximum absolute atomic E-state index is 10.9. The van der Waals surface area contributed by atoms with Gasteiger partial charge in [-0.05, 0) is 44.2 Å². The fourth-order valence-electron chi connectivity index (χ4n) is 3.21. The van der Waals surface area contributed by atoms with Gasteiger partial charge in [-0.25, -0.2) is 5.21 Å². The van der Waals surface area contributed by atoms with Crippen LogP contribution >= 0.6 is 11.6 Å². The highest BCUT2D eigenvalue weighted by Gasteiger charge is 2.19. The van der Waals surface area contributed by atoms with Gasteiger partial charge in [-0.15, -0.1) is 5.11 Å². The summed E-state index contributed by atoms with van der Waals surface area (Å²) in [6, 6.07) is 12.0. The Morgan fingerprint density at radius 1 is 1.17 bits per heavy atom. The molecule has 9 heteroatoms. The van der Waals surface area contributed by atoms with E-state index in [0.29, 0.717) is 17.9 Å². The van der Waals surface area contributed by atoms with Gasteiger partial charge in [-0.1, -0.05) is 11.6 Å². The highest BCUT2D eigenvalue weighted by Crippen LogP contribution is 2.30. The second-order valence-electron chi connectivity index (χ2n) is 7.90. The van der Waals surface area contributed by atoms with Crippen molar-refractivity contribution in [2.75, 3.05) is 45.2 Å². The molecule has 1 unspecified atom stereocenters. The summed E-state index contributed by atoms with van der Waals surface area (Å²) >= 11 is 6.07. The average Bonchev–Trinajstić information content (AvgIpc) is 2.67. The van der Waals surface area contributed by atoms with Gasteiger partial charge < -0.3 is 14.5 Å². The average molecular weight is 436 g/mol. The summed E-state index contributed by atoms with van der Waals surface area (Å²) in [5.74, 6) is 0. The van der Waals surface area contributed by atoms with E-state index in [0.717, 1.165) is 29.8 Å². The second kappa shape index (κ2) is 10.5. The van der Waals surface area contributed by atoms with Crippen LogP contribution in [-0.2, 0) is 0 Å². The number of hydrogen-bond donors (Lipinski definition) is 2. The molecule has 0 radical (unpaired) electrons. The lowest BCUT2D eigenvalue weighted by Gasteiger charge is -2.34. The van der Waals surface area contributed by atoms with Crippen LogP contribution in [0.15, 0.2) is 52.7 Å². The van der Waals surface area contributed by atoms with E-state index in [1.54, 1.807) is 0 Å². The van der Waals surface area contributed by atoms with Crippen molar-refractivity contribution in [3.8, 4) is 0 Å². The molecule has 0 aliphatic rings. The highest BCUT2D eigenvalue weighted by molar-refractivity contribution is 6.33. The van der Waals surface area contributed by atoms with Crippen molar-refractivity contribution in [1.29, 1.82) is 0 Å². The van der Waals surface area contributed by atoms with Gasteiger partial charge in [0.2, 0.25) is 0 Å². The molecule has 30 heavy (non-hydrogen) atoms. The molecule has 2 aromatic rings. The molecule has 162 valence electrons. The molecular formula is C21H30ClN5O3+2. The quantitative estimate of drug-likeness (QED) is 0.317. The first kappa shape index (κ1) is 23.7. The monoisotopic (exact) mass is 435 g/mol. The third-order valence-electron chi connectivity index (χ3n) is 4.76. The van der Waals surface area contributed by atoms with Crippen molar-refractivity contribution < 1.29 is 19.7 Å². The predicted octanol–water partition coefficient (Wildman–Crippen LogP) is 4.84. The summed E-state index contributed by atoms with van der Waals surface area (Å²) in [7, 11) is 4.24. The number of aliphatic hydroxyl groups excluding tert-OH is 1. The first-order valence-corrected chi connectivity index (χ1v) is 10.2. The molecule has 0 bridgehead atoms. The number of aliphatic hydroxyl groups is 1. The fraction of sp³-hybridized carbons (Fsp3) is 0.429. The molecule has 0 saturated heterocycles. The third-order valence-corrected chi connectivity index (χ3v) is 5.06. The van der Waals surface area contributed by atoms with E-state index < -0.39 is 0 Å². The lowest BCUT2D eigenvalue weighted by molar-refractivity contribution is -0.891. The lowest BCUT2D eigenvalue weighted by Crippen LogP contribution is -2.49. The Bertz CT molecular complexity index is 885. The van der Waals surface area contributed by atoms with Crippen LogP contribution in [0.3, 0.4) is 0 Å². The van der Waals surface area contributed by atoms with Crippen LogP contribution in [0.2, 0.25) is 5.02 Å². The van der Waals surface area contributed by atoms with Crippen molar-refractivity contribution in [2.45, 2.75) is 20.0 Å². The summed E-state index contributed by atoms with van der Waals surface area (Å²) in [4.78, 5) is 12.9. The zero-order chi connectivity index (χ0) is 22.3. The van der Waals surface area contributed by atoms with E-state index in [1.807, 2.05) is 31.2 Å². The molecular weight excluding hydrogens is 406 g/mol. The standard InChI is InChI=1S/C21H30ClN5O3/c1-5-25(12-13-27(3,4)15-16(2)28)18-8-6-17(7-9-18)23-24-21-11-10-19(26(29)30)14-20(21)22/h6-11,14,16,28H,5,12-13,15H2,1-4H3,(H,29,30)/q+2/b24-23+. The van der Waals surface area contributed by atoms with Gasteiger partial charge in [0.15, 0.2) is 0 Å². The normalized spacial score (nSPS) is 12.9. The van der Waals surface area contributed by atoms with E-state index in [9.17, 15) is 10.0 Å². The largest absolute Gasteiger partial charge is 0.388 e. The van der Waals surface area contributed by atoms with Gasteiger partial charge >= 0.3 is 5.69 Å². The Kier molecular flexibility index (Phi) is 8.28. The van der Waals surface area contributed by atoms with E-state index in [1.165, 1.54) is 18.2 Å². The number of rotatable bonds is 10. The number of nitrogens with zero attached hydrogens (tertiary/aromatic N) is 5. The van der Waals surface area contributed by atoms with Crippen molar-refractivity contribution >= 4 is 34.4 Å². The van der Waals surface area contributed by atoms with E-state index in [-0.39, 0.29) is 21.7 Å². The molecule has 0 heterocycles. The van der Waals surface area contributed by atoms with Gasteiger partial charge in [0.1, 0.15) is 18.3 Å². The van der Waals surface area contributed by atoms with E-state index in [4.69, 9.17) is 16.8 Å². The number of likely N-dealkylation sites (N-methyl/N-ethyl adjacent to an activating group) is 2. The lowest BCUT2D eigenvalue weighted by atomic mass is 10.2. The van der Waals surface area contributed by atoms with Crippen LogP contribution in [0.5, 0.6) is 0 Å². The van der Waals surface area contributed by atoms with Crippen LogP contribution < -0.4 is 4.90 Å². The molecule has 0 spiro atoms. The number of halogens is 1. The Balaban J connectivity index is 2.04. The van der Waals surface area contributed by atoms with Gasteiger partial charge in [0.25, 0.3) is 4.92 Å². The van der Waals surface area contributed by atoms with Crippen LogP contribution in [-0.4, -0.2) is 66.1 Å². The molecule has 1 atom stereocenters. The zero-order valence-corrected chi connectivity index (χ0v) is 18.6. The van der Waals surface area contributed by atoms with Crippen molar-refractivity contribution in [1.82, 2.24) is 0 Å². The molecule has 0 amide bonds. The van der Waals surface area contributed by atoms with Crippen LogP contribution in [0, 0.1) is 4.91 Å². The molecule has 2 rings (SSSR count). The predicted molar refractivity (Wildman–Crippen MR) is 119 cm³/mol. The Morgan fingerprint density at radius 2 is 1.83 bits per heavy atom. The molecule has 0 saturated carbocycles. The van der Waals surface area contributed by atoms with Crippen molar-refractivity contribution in [3.05, 3.63) is 52.4 Å². The van der Waals surface area contributed by atoms with E-state index >= 15 is 0 Å². The minimum Gasteiger partial charge on any atom is -0.388 e. The Hall–Kier alpha value is -2.55. The number of hydrogen-bond acceptors (Lipinski definition) is 5. The minimum atomic E-state index is -0.327. The Morgan fingerprint density at radius 3 is 2.37 bits per heavy atom. The number of azo groups is 1. The first-order valence-electron chi connectivity index (χ1n) is 9.84. The van der Waals surface area contributed by atoms with Gasteiger partial charge in [0.05, 0.1) is 42.8 Å². The van der Waals surface area contributed by atoms with Crippen molar-refractivity contribution in [3.63, 3.8) is 0 Å². The third kappa shape index (κ3) is 7.05. The van der Waals surface area contributed by atoms with Gasteiger partial charge in [-0.2, -0.15) is 5.11 Å². The number of benzene rings is 2. The maximum atomic E-state index is 10.9. The molecule has 0 aromatic heterocycles. The molecule has 0 aliphatic carbocycles. The van der Waals surface area contributed by atoms with Crippen LogP contribution in [0.4, 0.5) is 22.7 Å². The maximum Gasteiger partial charge on any atom is 0.318 e. The first-order chi connectivity index (χ1) is 14.1. The highest BCUT2D eigenvalue weighted by atomic mass is 35.5.